The number of amides is 1. The number of rotatable bonds is 6. The molecule has 7 heteroatoms. The highest BCUT2D eigenvalue weighted by atomic mass is 16.2. The standard InChI is InChI=1S/C16H26N4O3/c1-9(2)7-19(15(22)11-5-6-11)12-13(17)20(8-10(3)4)16(23)18-14(12)21/h9-11H,5-8,17H2,1-4H3,(H,18,21,23). The molecule has 1 aromatic heterocycles. The molecule has 0 aliphatic heterocycles. The van der Waals surface area contributed by atoms with E-state index in [0.29, 0.717) is 13.1 Å². The van der Waals surface area contributed by atoms with E-state index in [-0.39, 0.29) is 35.2 Å². The Morgan fingerprint density at radius 2 is 1.87 bits per heavy atom. The van der Waals surface area contributed by atoms with Crippen LogP contribution in [0.4, 0.5) is 11.5 Å². The summed E-state index contributed by atoms with van der Waals surface area (Å²) in [7, 11) is 0. The quantitative estimate of drug-likeness (QED) is 0.821. The molecule has 1 amide bonds. The van der Waals surface area contributed by atoms with Crippen LogP contribution in [0, 0.1) is 17.8 Å². The zero-order valence-corrected chi connectivity index (χ0v) is 14.3. The molecule has 3 N–H and O–H groups in total. The number of carbonyl (C=O) groups is 1. The van der Waals surface area contributed by atoms with Crippen LogP contribution >= 0.6 is 0 Å². The summed E-state index contributed by atoms with van der Waals surface area (Å²) >= 11 is 0. The molecule has 0 radical (unpaired) electrons. The molecule has 0 saturated heterocycles. The lowest BCUT2D eigenvalue weighted by Crippen LogP contribution is -2.43. The van der Waals surface area contributed by atoms with Crippen LogP contribution < -0.4 is 21.9 Å². The molecule has 1 aromatic rings. The number of H-pyrrole nitrogens is 1. The largest absolute Gasteiger partial charge is 0.383 e. The predicted octanol–water partition coefficient (Wildman–Crippen LogP) is 1.17. The summed E-state index contributed by atoms with van der Waals surface area (Å²) < 4.78 is 1.34. The van der Waals surface area contributed by atoms with Crippen LogP contribution in [0.2, 0.25) is 0 Å². The van der Waals surface area contributed by atoms with Crippen LogP contribution in [0.5, 0.6) is 0 Å². The summed E-state index contributed by atoms with van der Waals surface area (Å²) in [6, 6.07) is 0. The summed E-state index contributed by atoms with van der Waals surface area (Å²) in [5, 5.41) is 0. The third-order valence-electron chi connectivity index (χ3n) is 3.77. The van der Waals surface area contributed by atoms with Gasteiger partial charge in [0.1, 0.15) is 5.82 Å². The summed E-state index contributed by atoms with van der Waals surface area (Å²) in [6.07, 6.45) is 1.69. The maximum absolute atomic E-state index is 12.6. The van der Waals surface area contributed by atoms with Crippen LogP contribution in [-0.4, -0.2) is 22.0 Å². The first-order valence-electron chi connectivity index (χ1n) is 8.16. The van der Waals surface area contributed by atoms with Gasteiger partial charge in [-0.25, -0.2) is 4.79 Å². The fraction of sp³-hybridized carbons (Fsp3) is 0.688. The molecule has 1 aliphatic rings. The number of nitrogens with zero attached hydrogens (tertiary/aromatic N) is 2. The van der Waals surface area contributed by atoms with E-state index >= 15 is 0 Å². The second kappa shape index (κ2) is 6.60. The Balaban J connectivity index is 2.55. The zero-order chi connectivity index (χ0) is 17.3. The Labute approximate surface area is 135 Å². The van der Waals surface area contributed by atoms with Crippen molar-refractivity contribution in [1.29, 1.82) is 0 Å². The predicted molar refractivity (Wildman–Crippen MR) is 90.5 cm³/mol. The van der Waals surface area contributed by atoms with Crippen molar-refractivity contribution in [2.75, 3.05) is 17.2 Å². The Morgan fingerprint density at radius 3 is 2.35 bits per heavy atom. The van der Waals surface area contributed by atoms with Gasteiger partial charge in [-0.1, -0.05) is 27.7 Å². The van der Waals surface area contributed by atoms with Crippen molar-refractivity contribution >= 4 is 17.4 Å². The second-order valence-electron chi connectivity index (χ2n) is 7.11. The van der Waals surface area contributed by atoms with Gasteiger partial charge in [-0.15, -0.1) is 0 Å². The summed E-state index contributed by atoms with van der Waals surface area (Å²) in [4.78, 5) is 40.7. The number of nitrogens with one attached hydrogen (secondary N) is 1. The third-order valence-corrected chi connectivity index (χ3v) is 3.77. The minimum absolute atomic E-state index is 0.0296. The highest BCUT2D eigenvalue weighted by molar-refractivity contribution is 5.98. The molecule has 0 unspecified atom stereocenters. The SMILES string of the molecule is CC(C)CN(C(=O)C1CC1)c1c(N)n(CC(C)C)c(=O)[nH]c1=O. The lowest BCUT2D eigenvalue weighted by Gasteiger charge is -2.26. The number of nitrogen functional groups attached to an aromatic ring is 1. The first-order valence-corrected chi connectivity index (χ1v) is 8.16. The molecular formula is C16H26N4O3. The molecule has 128 valence electrons. The van der Waals surface area contributed by atoms with E-state index in [1.54, 1.807) is 0 Å². The number of carbonyl (C=O) groups excluding carboxylic acids is 1. The van der Waals surface area contributed by atoms with Gasteiger partial charge < -0.3 is 10.6 Å². The Kier molecular flexibility index (Phi) is 4.97. The number of hydrogen-bond acceptors (Lipinski definition) is 4. The van der Waals surface area contributed by atoms with E-state index in [0.717, 1.165) is 12.8 Å². The van der Waals surface area contributed by atoms with Crippen LogP contribution in [-0.2, 0) is 11.3 Å². The average molecular weight is 322 g/mol. The van der Waals surface area contributed by atoms with Gasteiger partial charge in [0.25, 0.3) is 5.56 Å². The Hall–Kier alpha value is -2.05. The summed E-state index contributed by atoms with van der Waals surface area (Å²) in [5.74, 6) is 0.333. The molecule has 0 bridgehead atoms. The first kappa shape index (κ1) is 17.3. The van der Waals surface area contributed by atoms with Gasteiger partial charge in [-0.3, -0.25) is 19.1 Å². The van der Waals surface area contributed by atoms with Crippen molar-refractivity contribution < 1.29 is 4.79 Å². The molecule has 1 heterocycles. The Bertz CT molecular complexity index is 698. The van der Waals surface area contributed by atoms with Crippen LogP contribution in [0.3, 0.4) is 0 Å². The van der Waals surface area contributed by atoms with E-state index in [1.165, 1.54) is 9.47 Å². The van der Waals surface area contributed by atoms with Gasteiger partial charge in [-0.2, -0.15) is 0 Å². The molecular weight excluding hydrogens is 296 g/mol. The van der Waals surface area contributed by atoms with Crippen LogP contribution in [0.1, 0.15) is 40.5 Å². The van der Waals surface area contributed by atoms with Crippen molar-refractivity contribution in [3.8, 4) is 0 Å². The van der Waals surface area contributed by atoms with Gasteiger partial charge in [-0.05, 0) is 24.7 Å². The minimum Gasteiger partial charge on any atom is -0.383 e. The van der Waals surface area contributed by atoms with Gasteiger partial charge in [0.05, 0.1) is 0 Å². The first-order chi connectivity index (χ1) is 10.7. The molecule has 23 heavy (non-hydrogen) atoms. The van der Waals surface area contributed by atoms with Gasteiger partial charge >= 0.3 is 5.69 Å². The molecule has 0 atom stereocenters. The number of nitrogens with two attached hydrogens (primary N) is 1. The minimum atomic E-state index is -0.595. The molecule has 0 aromatic carbocycles. The van der Waals surface area contributed by atoms with E-state index in [4.69, 9.17) is 5.73 Å². The molecule has 2 rings (SSSR count). The second-order valence-corrected chi connectivity index (χ2v) is 7.11. The molecule has 1 fully saturated rings. The monoisotopic (exact) mass is 322 g/mol. The highest BCUT2D eigenvalue weighted by Crippen LogP contribution is 2.33. The van der Waals surface area contributed by atoms with E-state index in [1.807, 2.05) is 27.7 Å². The average Bonchev–Trinajstić information content (AvgIpc) is 3.25. The van der Waals surface area contributed by atoms with E-state index < -0.39 is 11.2 Å². The smallest absolute Gasteiger partial charge is 0.330 e. The molecule has 1 saturated carbocycles. The number of aromatic nitrogens is 2. The molecule has 1 aliphatic carbocycles. The van der Waals surface area contributed by atoms with Crippen molar-refractivity contribution in [3.05, 3.63) is 20.8 Å². The fourth-order valence-electron chi connectivity index (χ4n) is 2.59. The number of aromatic amines is 1. The van der Waals surface area contributed by atoms with Gasteiger partial charge in [0.15, 0.2) is 5.69 Å². The van der Waals surface area contributed by atoms with Crippen molar-refractivity contribution in [2.45, 2.75) is 47.1 Å². The highest BCUT2D eigenvalue weighted by Gasteiger charge is 2.36. The van der Waals surface area contributed by atoms with Crippen LogP contribution in [0.15, 0.2) is 9.59 Å². The number of anilines is 2. The zero-order valence-electron chi connectivity index (χ0n) is 14.3. The number of hydrogen-bond donors (Lipinski definition) is 2. The topological polar surface area (TPSA) is 101 Å². The molecule has 0 spiro atoms. The van der Waals surface area contributed by atoms with Gasteiger partial charge in [0, 0.05) is 19.0 Å². The normalized spacial score (nSPS) is 14.5. The van der Waals surface area contributed by atoms with Crippen molar-refractivity contribution in [3.63, 3.8) is 0 Å². The summed E-state index contributed by atoms with van der Waals surface area (Å²) in [6.45, 7) is 8.66. The lowest BCUT2D eigenvalue weighted by molar-refractivity contribution is -0.119. The van der Waals surface area contributed by atoms with Crippen molar-refractivity contribution in [1.82, 2.24) is 9.55 Å². The van der Waals surface area contributed by atoms with Gasteiger partial charge in [0.2, 0.25) is 5.91 Å². The Morgan fingerprint density at radius 1 is 1.26 bits per heavy atom. The maximum Gasteiger partial charge on any atom is 0.330 e. The maximum atomic E-state index is 12.6. The molecule has 7 nitrogen and oxygen atoms in total. The third kappa shape index (κ3) is 3.83. The lowest BCUT2D eigenvalue weighted by atomic mass is 10.1. The van der Waals surface area contributed by atoms with Crippen molar-refractivity contribution in [2.24, 2.45) is 17.8 Å². The van der Waals surface area contributed by atoms with Crippen LogP contribution in [0.25, 0.3) is 0 Å². The fourth-order valence-corrected chi connectivity index (χ4v) is 2.59. The van der Waals surface area contributed by atoms with E-state index in [9.17, 15) is 14.4 Å². The van der Waals surface area contributed by atoms with E-state index in [2.05, 4.69) is 4.98 Å². The summed E-state index contributed by atoms with van der Waals surface area (Å²) in [5.41, 5.74) is 5.10.